The Morgan fingerprint density at radius 2 is 1.80 bits per heavy atom. The number of ether oxygens (including phenoxy) is 1. The topological polar surface area (TPSA) is 94.0 Å². The van der Waals surface area contributed by atoms with Crippen molar-refractivity contribution in [2.24, 2.45) is 0 Å². The first kappa shape index (κ1) is 16.4. The lowest BCUT2D eigenvalue weighted by atomic mass is 10.3. The van der Waals surface area contributed by atoms with Crippen LogP contribution in [0.2, 0.25) is 0 Å². The van der Waals surface area contributed by atoms with Crippen LogP contribution in [0.15, 0.2) is 43.0 Å². The van der Waals surface area contributed by atoms with Crippen LogP contribution < -0.4 is 15.4 Å². The van der Waals surface area contributed by atoms with Crippen LogP contribution in [0, 0.1) is 13.8 Å². The van der Waals surface area contributed by atoms with Crippen molar-refractivity contribution in [2.75, 3.05) is 17.7 Å². The Bertz CT molecular complexity index is 888. The van der Waals surface area contributed by atoms with E-state index in [9.17, 15) is 4.79 Å². The van der Waals surface area contributed by atoms with Gasteiger partial charge < -0.3 is 15.4 Å². The van der Waals surface area contributed by atoms with E-state index in [2.05, 4.69) is 25.6 Å². The summed E-state index contributed by atoms with van der Waals surface area (Å²) in [5, 5.41) is 5.41. The Kier molecular flexibility index (Phi) is 4.60. The number of anilines is 2. The quantitative estimate of drug-likeness (QED) is 0.763. The SMILES string of the molecule is COc1ccccc1NC(=O)Nc1cnc(-n2cnc(C)c2C)nc1. The number of amides is 2. The van der Waals surface area contributed by atoms with E-state index >= 15 is 0 Å². The summed E-state index contributed by atoms with van der Waals surface area (Å²) in [6, 6.07) is 6.75. The Morgan fingerprint density at radius 3 is 2.44 bits per heavy atom. The number of carbonyl (C=O) groups is 1. The van der Waals surface area contributed by atoms with Crippen molar-refractivity contribution < 1.29 is 9.53 Å². The highest BCUT2D eigenvalue weighted by molar-refractivity contribution is 6.00. The average molecular weight is 338 g/mol. The molecule has 0 saturated heterocycles. The molecular weight excluding hydrogens is 320 g/mol. The molecule has 0 radical (unpaired) electrons. The first-order valence-electron chi connectivity index (χ1n) is 7.62. The van der Waals surface area contributed by atoms with Crippen LogP contribution in [0.4, 0.5) is 16.2 Å². The third-order valence-electron chi connectivity index (χ3n) is 3.72. The van der Waals surface area contributed by atoms with Crippen LogP contribution in [0.1, 0.15) is 11.4 Å². The van der Waals surface area contributed by atoms with Gasteiger partial charge in [0, 0.05) is 5.69 Å². The maximum absolute atomic E-state index is 12.1. The van der Waals surface area contributed by atoms with Crippen molar-refractivity contribution in [2.45, 2.75) is 13.8 Å². The van der Waals surface area contributed by atoms with E-state index in [0.29, 0.717) is 23.1 Å². The lowest BCUT2D eigenvalue weighted by Crippen LogP contribution is -2.20. The number of aromatic nitrogens is 4. The Morgan fingerprint density at radius 1 is 1.08 bits per heavy atom. The van der Waals surface area contributed by atoms with Gasteiger partial charge in [0.25, 0.3) is 0 Å². The molecule has 8 heteroatoms. The van der Waals surface area contributed by atoms with Gasteiger partial charge in [-0.1, -0.05) is 12.1 Å². The molecule has 8 nitrogen and oxygen atoms in total. The van der Waals surface area contributed by atoms with Crippen LogP contribution in [0.3, 0.4) is 0 Å². The number of nitrogens with one attached hydrogen (secondary N) is 2. The Hall–Kier alpha value is -3.42. The number of methoxy groups -OCH3 is 1. The van der Waals surface area contributed by atoms with Gasteiger partial charge in [-0.15, -0.1) is 0 Å². The van der Waals surface area contributed by atoms with E-state index in [0.717, 1.165) is 11.4 Å². The third kappa shape index (κ3) is 3.57. The van der Waals surface area contributed by atoms with E-state index in [4.69, 9.17) is 4.74 Å². The van der Waals surface area contributed by atoms with Crippen LogP contribution in [-0.4, -0.2) is 32.7 Å². The summed E-state index contributed by atoms with van der Waals surface area (Å²) in [5.74, 6) is 1.07. The average Bonchev–Trinajstić information content (AvgIpc) is 2.95. The fourth-order valence-corrected chi connectivity index (χ4v) is 2.24. The molecule has 1 aromatic carbocycles. The van der Waals surface area contributed by atoms with E-state index in [1.807, 2.05) is 26.0 Å². The fourth-order valence-electron chi connectivity index (χ4n) is 2.24. The van der Waals surface area contributed by atoms with Gasteiger partial charge in [-0.3, -0.25) is 4.57 Å². The van der Waals surface area contributed by atoms with Gasteiger partial charge in [0.2, 0.25) is 5.95 Å². The molecule has 0 bridgehead atoms. The maximum Gasteiger partial charge on any atom is 0.323 e. The molecule has 0 unspecified atom stereocenters. The minimum Gasteiger partial charge on any atom is -0.495 e. The number of rotatable bonds is 4. The van der Waals surface area contributed by atoms with Gasteiger partial charge >= 0.3 is 6.03 Å². The zero-order chi connectivity index (χ0) is 17.8. The molecule has 128 valence electrons. The molecule has 2 amide bonds. The molecule has 2 N–H and O–H groups in total. The molecule has 0 aliphatic carbocycles. The van der Waals surface area contributed by atoms with Gasteiger partial charge in [-0.25, -0.2) is 19.7 Å². The molecule has 3 aromatic rings. The number of nitrogens with zero attached hydrogens (tertiary/aromatic N) is 4. The van der Waals surface area contributed by atoms with Crippen LogP contribution in [0.25, 0.3) is 5.95 Å². The molecule has 0 aliphatic heterocycles. The zero-order valence-corrected chi connectivity index (χ0v) is 14.1. The molecular formula is C17H18N6O2. The third-order valence-corrected chi connectivity index (χ3v) is 3.72. The number of imidazole rings is 1. The van der Waals surface area contributed by atoms with Crippen molar-refractivity contribution in [3.8, 4) is 11.7 Å². The molecule has 0 spiro atoms. The highest BCUT2D eigenvalue weighted by Crippen LogP contribution is 2.23. The minimum atomic E-state index is -0.407. The van der Waals surface area contributed by atoms with Crippen molar-refractivity contribution >= 4 is 17.4 Å². The number of aryl methyl sites for hydroxylation is 1. The summed E-state index contributed by atoms with van der Waals surface area (Å²) in [7, 11) is 1.55. The van der Waals surface area contributed by atoms with Gasteiger partial charge in [0.1, 0.15) is 12.1 Å². The fraction of sp³-hybridized carbons (Fsp3) is 0.176. The summed E-state index contributed by atoms with van der Waals surface area (Å²) < 4.78 is 6.98. The maximum atomic E-state index is 12.1. The molecule has 0 fully saturated rings. The predicted molar refractivity (Wildman–Crippen MR) is 94.3 cm³/mol. The molecule has 0 atom stereocenters. The summed E-state index contributed by atoms with van der Waals surface area (Å²) in [6.07, 6.45) is 4.75. The Labute approximate surface area is 144 Å². The number of hydrogen-bond acceptors (Lipinski definition) is 5. The highest BCUT2D eigenvalue weighted by Gasteiger charge is 2.09. The van der Waals surface area contributed by atoms with Crippen LogP contribution >= 0.6 is 0 Å². The molecule has 0 saturated carbocycles. The van der Waals surface area contributed by atoms with Gasteiger partial charge in [0.05, 0.1) is 36.6 Å². The highest BCUT2D eigenvalue weighted by atomic mass is 16.5. The lowest BCUT2D eigenvalue weighted by molar-refractivity contribution is 0.262. The van der Waals surface area contributed by atoms with Gasteiger partial charge in [-0.2, -0.15) is 0 Å². The second-order valence-corrected chi connectivity index (χ2v) is 5.34. The summed E-state index contributed by atoms with van der Waals surface area (Å²) in [4.78, 5) is 24.9. The first-order chi connectivity index (χ1) is 12.1. The van der Waals surface area contributed by atoms with Crippen molar-refractivity contribution in [3.63, 3.8) is 0 Å². The number of para-hydroxylation sites is 2. The normalized spacial score (nSPS) is 10.4. The van der Waals surface area contributed by atoms with E-state index in [1.54, 1.807) is 42.5 Å². The van der Waals surface area contributed by atoms with Crippen LogP contribution in [-0.2, 0) is 0 Å². The lowest BCUT2D eigenvalue weighted by Gasteiger charge is -2.11. The number of hydrogen-bond donors (Lipinski definition) is 2. The van der Waals surface area contributed by atoms with Crippen molar-refractivity contribution in [1.82, 2.24) is 19.5 Å². The minimum absolute atomic E-state index is 0.407. The first-order valence-corrected chi connectivity index (χ1v) is 7.62. The summed E-state index contributed by atoms with van der Waals surface area (Å²) >= 11 is 0. The Balaban J connectivity index is 1.69. The molecule has 0 aliphatic rings. The summed E-state index contributed by atoms with van der Waals surface area (Å²) in [6.45, 7) is 3.86. The standard InChI is InChI=1S/C17H18N6O2/c1-11-12(2)23(10-20-11)16-18-8-13(9-19-16)21-17(24)22-14-6-4-5-7-15(14)25-3/h4-10H,1-3H3,(H2,21,22,24). The van der Waals surface area contributed by atoms with E-state index in [1.165, 1.54) is 0 Å². The van der Waals surface area contributed by atoms with Crippen molar-refractivity contribution in [3.05, 3.63) is 54.4 Å². The number of urea groups is 1. The molecule has 2 aromatic heterocycles. The van der Waals surface area contributed by atoms with Crippen molar-refractivity contribution in [1.29, 1.82) is 0 Å². The molecule has 3 rings (SSSR count). The second-order valence-electron chi connectivity index (χ2n) is 5.34. The van der Waals surface area contributed by atoms with E-state index < -0.39 is 6.03 Å². The molecule has 25 heavy (non-hydrogen) atoms. The second kappa shape index (κ2) is 7.00. The van der Waals surface area contributed by atoms with Crippen LogP contribution in [0.5, 0.6) is 5.75 Å². The smallest absolute Gasteiger partial charge is 0.323 e. The summed E-state index contributed by atoms with van der Waals surface area (Å²) in [5.41, 5.74) is 2.94. The van der Waals surface area contributed by atoms with E-state index in [-0.39, 0.29) is 0 Å². The largest absolute Gasteiger partial charge is 0.495 e. The van der Waals surface area contributed by atoms with Gasteiger partial charge in [-0.05, 0) is 26.0 Å². The van der Waals surface area contributed by atoms with Gasteiger partial charge in [0.15, 0.2) is 0 Å². The predicted octanol–water partition coefficient (Wildman–Crippen LogP) is 2.93. The number of carbonyl (C=O) groups excluding carboxylic acids is 1. The zero-order valence-electron chi connectivity index (χ0n) is 14.1. The molecule has 2 heterocycles. The monoisotopic (exact) mass is 338 g/mol. The number of benzene rings is 1.